The van der Waals surface area contributed by atoms with Crippen LogP contribution in [0.2, 0.25) is 0 Å². The SMILES string of the molecule is COc1ccc(CN2CCCC(CCC(=O)N(C)CCc3ccccn3)C2)c(F)c1. The van der Waals surface area contributed by atoms with Gasteiger partial charge in [0.25, 0.3) is 0 Å². The number of carbonyl (C=O) groups is 1. The van der Waals surface area contributed by atoms with Crippen molar-refractivity contribution < 1.29 is 13.9 Å². The Bertz CT molecular complexity index is 815. The molecule has 1 fully saturated rings. The van der Waals surface area contributed by atoms with E-state index in [-0.39, 0.29) is 11.7 Å². The van der Waals surface area contributed by atoms with E-state index in [1.54, 1.807) is 25.4 Å². The van der Waals surface area contributed by atoms with Crippen LogP contribution in [0.15, 0.2) is 42.6 Å². The number of pyridine rings is 1. The van der Waals surface area contributed by atoms with E-state index in [4.69, 9.17) is 4.74 Å². The zero-order valence-electron chi connectivity index (χ0n) is 18.0. The first-order chi connectivity index (χ1) is 14.5. The molecular formula is C24H32FN3O2. The number of carbonyl (C=O) groups excluding carboxylic acids is 1. The quantitative estimate of drug-likeness (QED) is 0.625. The van der Waals surface area contributed by atoms with Gasteiger partial charge in [-0.15, -0.1) is 0 Å². The minimum atomic E-state index is -0.221. The van der Waals surface area contributed by atoms with Gasteiger partial charge in [0.1, 0.15) is 11.6 Å². The molecule has 0 spiro atoms. The van der Waals surface area contributed by atoms with Crippen LogP contribution in [0.3, 0.4) is 0 Å². The Morgan fingerprint density at radius 1 is 1.33 bits per heavy atom. The van der Waals surface area contributed by atoms with Gasteiger partial charge in [-0.05, 0) is 49.9 Å². The lowest BCUT2D eigenvalue weighted by molar-refractivity contribution is -0.130. The maximum Gasteiger partial charge on any atom is 0.222 e. The fraction of sp³-hybridized carbons (Fsp3) is 0.500. The molecule has 1 aliphatic rings. The van der Waals surface area contributed by atoms with Crippen LogP contribution in [0, 0.1) is 11.7 Å². The molecule has 1 aromatic carbocycles. The lowest BCUT2D eigenvalue weighted by atomic mass is 9.93. The van der Waals surface area contributed by atoms with Gasteiger partial charge in [0, 0.05) is 63.0 Å². The van der Waals surface area contributed by atoms with Gasteiger partial charge in [-0.2, -0.15) is 0 Å². The van der Waals surface area contributed by atoms with E-state index in [2.05, 4.69) is 9.88 Å². The summed E-state index contributed by atoms with van der Waals surface area (Å²) in [5, 5.41) is 0. The third-order valence-corrected chi connectivity index (χ3v) is 5.88. The molecule has 1 aromatic heterocycles. The van der Waals surface area contributed by atoms with Crippen molar-refractivity contribution in [2.45, 2.75) is 38.6 Å². The maximum absolute atomic E-state index is 14.3. The highest BCUT2D eigenvalue weighted by atomic mass is 19.1. The first kappa shape index (κ1) is 22.2. The smallest absolute Gasteiger partial charge is 0.222 e. The number of benzene rings is 1. The Morgan fingerprint density at radius 2 is 2.20 bits per heavy atom. The highest BCUT2D eigenvalue weighted by molar-refractivity contribution is 5.75. The van der Waals surface area contributed by atoms with Crippen LogP contribution in [-0.4, -0.2) is 54.5 Å². The molecule has 1 aliphatic heterocycles. The van der Waals surface area contributed by atoms with Gasteiger partial charge < -0.3 is 9.64 Å². The molecule has 2 aromatic rings. The molecule has 0 N–H and O–H groups in total. The number of ether oxygens (including phenoxy) is 1. The van der Waals surface area contributed by atoms with E-state index < -0.39 is 0 Å². The Morgan fingerprint density at radius 3 is 2.93 bits per heavy atom. The summed E-state index contributed by atoms with van der Waals surface area (Å²) >= 11 is 0. The van der Waals surface area contributed by atoms with Gasteiger partial charge in [0.05, 0.1) is 7.11 Å². The summed E-state index contributed by atoms with van der Waals surface area (Å²) in [5.74, 6) is 0.983. The van der Waals surface area contributed by atoms with Crippen LogP contribution in [0.4, 0.5) is 4.39 Å². The molecule has 1 atom stereocenters. The summed E-state index contributed by atoms with van der Waals surface area (Å²) in [5.41, 5.74) is 1.70. The molecule has 3 rings (SSSR count). The van der Waals surface area contributed by atoms with Gasteiger partial charge in [-0.25, -0.2) is 4.39 Å². The van der Waals surface area contributed by atoms with Crippen molar-refractivity contribution in [1.82, 2.24) is 14.8 Å². The van der Waals surface area contributed by atoms with Crippen molar-refractivity contribution in [2.24, 2.45) is 5.92 Å². The zero-order valence-corrected chi connectivity index (χ0v) is 18.0. The van der Waals surface area contributed by atoms with Crippen molar-refractivity contribution in [3.63, 3.8) is 0 Å². The number of aromatic nitrogens is 1. The summed E-state index contributed by atoms with van der Waals surface area (Å²) in [6.07, 6.45) is 6.22. The van der Waals surface area contributed by atoms with Crippen LogP contribution < -0.4 is 4.74 Å². The molecule has 5 nitrogen and oxygen atoms in total. The Labute approximate surface area is 178 Å². The number of likely N-dealkylation sites (tertiary alicyclic amines) is 1. The van der Waals surface area contributed by atoms with Gasteiger partial charge >= 0.3 is 0 Å². The van der Waals surface area contributed by atoms with Crippen molar-refractivity contribution >= 4 is 5.91 Å². The van der Waals surface area contributed by atoms with E-state index in [9.17, 15) is 9.18 Å². The van der Waals surface area contributed by atoms with Crippen LogP contribution in [-0.2, 0) is 17.8 Å². The summed E-state index contributed by atoms with van der Waals surface area (Å²) in [4.78, 5) is 20.9. The number of nitrogens with zero attached hydrogens (tertiary/aromatic N) is 3. The second-order valence-corrected chi connectivity index (χ2v) is 8.13. The summed E-state index contributed by atoms with van der Waals surface area (Å²) in [6, 6.07) is 10.9. The minimum absolute atomic E-state index is 0.184. The number of amides is 1. The molecule has 162 valence electrons. The van der Waals surface area contributed by atoms with Crippen molar-refractivity contribution in [2.75, 3.05) is 33.8 Å². The van der Waals surface area contributed by atoms with E-state index >= 15 is 0 Å². The van der Waals surface area contributed by atoms with Crippen molar-refractivity contribution in [1.29, 1.82) is 0 Å². The number of halogens is 1. The lowest BCUT2D eigenvalue weighted by Crippen LogP contribution is -2.36. The van der Waals surface area contributed by atoms with Gasteiger partial charge in [0.15, 0.2) is 0 Å². The number of piperidine rings is 1. The highest BCUT2D eigenvalue weighted by Gasteiger charge is 2.22. The van der Waals surface area contributed by atoms with Crippen molar-refractivity contribution in [3.05, 3.63) is 59.7 Å². The molecule has 1 amide bonds. The average molecular weight is 414 g/mol. The average Bonchev–Trinajstić information content (AvgIpc) is 2.78. The molecule has 0 aliphatic carbocycles. The van der Waals surface area contributed by atoms with E-state index in [0.717, 1.165) is 44.5 Å². The number of methoxy groups -OCH3 is 1. The maximum atomic E-state index is 14.3. The molecule has 30 heavy (non-hydrogen) atoms. The lowest BCUT2D eigenvalue weighted by Gasteiger charge is -2.33. The Balaban J connectivity index is 1.42. The van der Waals surface area contributed by atoms with Gasteiger partial charge in [-0.3, -0.25) is 14.7 Å². The second kappa shape index (κ2) is 11.1. The van der Waals surface area contributed by atoms with E-state index in [1.165, 1.54) is 6.07 Å². The molecular weight excluding hydrogens is 381 g/mol. The monoisotopic (exact) mass is 413 g/mol. The summed E-state index contributed by atoms with van der Waals surface area (Å²) < 4.78 is 19.3. The Kier molecular flexibility index (Phi) is 8.20. The topological polar surface area (TPSA) is 45.7 Å². The van der Waals surface area contributed by atoms with E-state index in [1.807, 2.05) is 30.1 Å². The van der Waals surface area contributed by atoms with E-state index in [0.29, 0.717) is 36.7 Å². The molecule has 2 heterocycles. The molecule has 0 radical (unpaired) electrons. The van der Waals surface area contributed by atoms with Crippen LogP contribution in [0.25, 0.3) is 0 Å². The number of rotatable bonds is 9. The minimum Gasteiger partial charge on any atom is -0.497 e. The van der Waals surface area contributed by atoms with Gasteiger partial charge in [0.2, 0.25) is 5.91 Å². The fourth-order valence-electron chi connectivity index (χ4n) is 4.03. The fourth-order valence-corrected chi connectivity index (χ4v) is 4.03. The standard InChI is InChI=1S/C24H32FN3O2/c1-27(15-12-21-7-3-4-13-26-21)24(29)11-8-19-6-5-14-28(17-19)18-20-9-10-22(30-2)16-23(20)25/h3-4,7,9-10,13,16,19H,5-6,8,11-12,14-15,17-18H2,1-2H3. The zero-order chi connectivity index (χ0) is 21.3. The first-order valence-electron chi connectivity index (χ1n) is 10.7. The van der Waals surface area contributed by atoms with Crippen LogP contribution in [0.5, 0.6) is 5.75 Å². The number of hydrogen-bond donors (Lipinski definition) is 0. The third kappa shape index (κ3) is 6.52. The number of likely N-dealkylation sites (N-methyl/N-ethyl adjacent to an activating group) is 1. The van der Waals surface area contributed by atoms with Gasteiger partial charge in [-0.1, -0.05) is 12.1 Å². The normalized spacial score (nSPS) is 17.0. The Hall–Kier alpha value is -2.47. The third-order valence-electron chi connectivity index (χ3n) is 5.88. The summed E-state index contributed by atoms with van der Waals surface area (Å²) in [6.45, 7) is 3.17. The molecule has 0 bridgehead atoms. The molecule has 6 heteroatoms. The highest BCUT2D eigenvalue weighted by Crippen LogP contribution is 2.24. The first-order valence-corrected chi connectivity index (χ1v) is 10.7. The van der Waals surface area contributed by atoms with Crippen LogP contribution >= 0.6 is 0 Å². The molecule has 1 saturated heterocycles. The van der Waals surface area contributed by atoms with Crippen molar-refractivity contribution in [3.8, 4) is 5.75 Å². The second-order valence-electron chi connectivity index (χ2n) is 8.13. The van der Waals surface area contributed by atoms with Crippen LogP contribution in [0.1, 0.15) is 36.9 Å². The number of hydrogen-bond acceptors (Lipinski definition) is 4. The predicted molar refractivity (Wildman–Crippen MR) is 116 cm³/mol. The predicted octanol–water partition coefficient (Wildman–Crippen LogP) is 3.92. The largest absolute Gasteiger partial charge is 0.497 e. The molecule has 0 saturated carbocycles. The molecule has 1 unspecified atom stereocenters. The summed E-state index contributed by atoms with van der Waals surface area (Å²) in [7, 11) is 3.41.